The van der Waals surface area contributed by atoms with Crippen molar-refractivity contribution in [1.82, 2.24) is 9.62 Å². The Hall–Kier alpha value is -2.41. The highest BCUT2D eigenvalue weighted by Gasteiger charge is 2.52. The largest absolute Gasteiger partial charge is 0.494 e. The summed E-state index contributed by atoms with van der Waals surface area (Å²) < 4.78 is 81.7. The average Bonchev–Trinajstić information content (AvgIpc) is 3.23. The maximum atomic E-state index is 14.9. The smallest absolute Gasteiger partial charge is 0.399 e. The zero-order chi connectivity index (χ0) is 27.4. The molecule has 0 radical (unpaired) electrons. The third kappa shape index (κ3) is 5.57. The van der Waals surface area contributed by atoms with Gasteiger partial charge >= 0.3 is 7.12 Å². The first-order chi connectivity index (χ1) is 17.0. The van der Waals surface area contributed by atoms with Gasteiger partial charge < -0.3 is 14.6 Å². The van der Waals surface area contributed by atoms with E-state index in [1.807, 2.05) is 27.7 Å². The maximum Gasteiger partial charge on any atom is 0.494 e. The molecule has 0 aromatic heterocycles. The molecule has 2 saturated heterocycles. The summed E-state index contributed by atoms with van der Waals surface area (Å²) in [7, 11) is -5.09. The monoisotopic (exact) mass is 540 g/mol. The van der Waals surface area contributed by atoms with E-state index in [-0.39, 0.29) is 19.3 Å². The molecule has 2 aromatic carbocycles. The van der Waals surface area contributed by atoms with Crippen LogP contribution in [0.15, 0.2) is 47.4 Å². The van der Waals surface area contributed by atoms with Crippen molar-refractivity contribution < 1.29 is 37.1 Å². The van der Waals surface area contributed by atoms with Crippen LogP contribution >= 0.6 is 0 Å². The molecule has 2 heterocycles. The van der Waals surface area contributed by atoms with Crippen LogP contribution in [0.25, 0.3) is 0 Å². The molecule has 0 saturated carbocycles. The van der Waals surface area contributed by atoms with Gasteiger partial charge in [0.2, 0.25) is 15.9 Å². The van der Waals surface area contributed by atoms with Crippen molar-refractivity contribution in [3.63, 3.8) is 0 Å². The van der Waals surface area contributed by atoms with Crippen molar-refractivity contribution in [3.05, 3.63) is 59.7 Å². The van der Waals surface area contributed by atoms with Crippen LogP contribution in [-0.2, 0) is 30.7 Å². The third-order valence-corrected chi connectivity index (χ3v) is 9.02. The summed E-state index contributed by atoms with van der Waals surface area (Å²) in [6, 6.07) is 6.91. The summed E-state index contributed by atoms with van der Waals surface area (Å²) in [5, 5.41) is 2.60. The molecule has 0 spiro atoms. The molecule has 2 aromatic rings. The zero-order valence-corrected chi connectivity index (χ0v) is 22.2. The van der Waals surface area contributed by atoms with Gasteiger partial charge in [0.15, 0.2) is 0 Å². The van der Waals surface area contributed by atoms with E-state index >= 15 is 0 Å². The first-order valence-corrected chi connectivity index (χ1v) is 13.3. The summed E-state index contributed by atoms with van der Waals surface area (Å²) in [4.78, 5) is 12.8. The Morgan fingerprint density at radius 3 is 2.24 bits per heavy atom. The van der Waals surface area contributed by atoms with Gasteiger partial charge in [0.05, 0.1) is 16.1 Å². The molecule has 2 aliphatic heterocycles. The number of alkyl halides is 1. The zero-order valence-electron chi connectivity index (χ0n) is 21.3. The van der Waals surface area contributed by atoms with E-state index in [2.05, 4.69) is 5.32 Å². The molecule has 37 heavy (non-hydrogen) atoms. The van der Waals surface area contributed by atoms with Crippen molar-refractivity contribution in [2.45, 2.75) is 75.4 Å². The normalized spacial score (nSPS) is 25.4. The van der Waals surface area contributed by atoms with Gasteiger partial charge in [-0.3, -0.25) is 4.79 Å². The first-order valence-electron chi connectivity index (χ1n) is 11.9. The lowest BCUT2D eigenvalue weighted by Crippen LogP contribution is -2.45. The first kappa shape index (κ1) is 27.6. The van der Waals surface area contributed by atoms with Crippen LogP contribution < -0.4 is 10.8 Å². The van der Waals surface area contributed by atoms with Crippen molar-refractivity contribution in [2.75, 3.05) is 6.54 Å². The summed E-state index contributed by atoms with van der Waals surface area (Å²) in [5.74, 6) is -1.91. The minimum absolute atomic E-state index is 0. The highest BCUT2D eigenvalue weighted by molar-refractivity contribution is 7.89. The number of benzene rings is 2. The fraction of sp³-hybridized carbons (Fsp3) is 0.480. The fourth-order valence-electron chi connectivity index (χ4n) is 4.42. The Labute approximate surface area is 217 Å². The molecule has 1 N–H and O–H groups in total. The Bertz CT molecular complexity index is 1290. The van der Waals surface area contributed by atoms with Crippen LogP contribution in [0.3, 0.4) is 0 Å². The van der Waals surface area contributed by atoms with Gasteiger partial charge in [-0.15, -0.1) is 0 Å². The fourth-order valence-corrected chi connectivity index (χ4v) is 6.12. The molecule has 2 atom stereocenters. The van der Waals surface area contributed by atoms with E-state index in [9.17, 15) is 26.4 Å². The Balaban J connectivity index is 0.00000400. The van der Waals surface area contributed by atoms with Crippen LogP contribution in [0, 0.1) is 11.6 Å². The molecular weight excluding hydrogens is 508 g/mol. The highest BCUT2D eigenvalue weighted by atomic mass is 32.2. The van der Waals surface area contributed by atoms with Crippen LogP contribution in [0.1, 0.15) is 48.0 Å². The van der Waals surface area contributed by atoms with Crippen LogP contribution in [-0.4, -0.2) is 55.2 Å². The van der Waals surface area contributed by atoms with Gasteiger partial charge in [-0.05, 0) is 82.0 Å². The molecule has 0 bridgehead atoms. The topological polar surface area (TPSA) is 84.9 Å². The third-order valence-electron chi connectivity index (χ3n) is 7.15. The lowest BCUT2D eigenvalue weighted by molar-refractivity contribution is -0.124. The van der Waals surface area contributed by atoms with E-state index in [0.717, 1.165) is 28.6 Å². The second kappa shape index (κ2) is 9.41. The Morgan fingerprint density at radius 1 is 1.05 bits per heavy atom. The number of carbonyl (C=O) groups is 1. The summed E-state index contributed by atoms with van der Waals surface area (Å²) >= 11 is 0. The Kier molecular flexibility index (Phi) is 7.02. The van der Waals surface area contributed by atoms with Crippen molar-refractivity contribution in [2.24, 2.45) is 0 Å². The minimum Gasteiger partial charge on any atom is -0.399 e. The number of hydrogen-bond donors (Lipinski definition) is 1. The van der Waals surface area contributed by atoms with E-state index in [4.69, 9.17) is 9.31 Å². The second-order valence-electron chi connectivity index (χ2n) is 10.8. The number of carbonyl (C=O) groups excluding carboxylic acids is 1. The summed E-state index contributed by atoms with van der Waals surface area (Å²) in [6.45, 7) is 8.05. The van der Waals surface area contributed by atoms with Crippen molar-refractivity contribution in [3.8, 4) is 0 Å². The number of halogens is 3. The second-order valence-corrected chi connectivity index (χ2v) is 12.7. The molecule has 2 aliphatic rings. The molecule has 4 rings (SSSR count). The summed E-state index contributed by atoms with van der Waals surface area (Å²) in [5.41, 5.74) is -2.37. The molecule has 12 heteroatoms. The number of nitrogens with zero attached hydrogens (tertiary/aromatic N) is 1. The average molecular weight is 540 g/mol. The van der Waals surface area contributed by atoms with Crippen LogP contribution in [0.2, 0.25) is 0 Å². The van der Waals surface area contributed by atoms with Gasteiger partial charge in [-0.2, -0.15) is 4.31 Å². The number of rotatable bonds is 6. The van der Waals surface area contributed by atoms with E-state index < -0.39 is 64.1 Å². The van der Waals surface area contributed by atoms with Gasteiger partial charge in [0.1, 0.15) is 23.3 Å². The predicted molar refractivity (Wildman–Crippen MR) is 134 cm³/mol. The number of amides is 1. The number of hydrogen-bond acceptors (Lipinski definition) is 5. The maximum absolute atomic E-state index is 14.9. The molecule has 2 fully saturated rings. The van der Waals surface area contributed by atoms with Crippen molar-refractivity contribution in [1.29, 1.82) is 0 Å². The van der Waals surface area contributed by atoms with Crippen LogP contribution in [0.5, 0.6) is 0 Å². The SMILES string of the molecule is CC1(C)OB(c2cc(F)cc(CNC(=O)[C@@H]3C[C@@](C)(F)CN3S(=O)(=O)c3ccc(F)cc3)c2)OC1(C)C.[HH]. The number of sulfonamides is 1. The molecule has 0 unspecified atom stereocenters. The van der Waals surface area contributed by atoms with E-state index in [1.165, 1.54) is 19.1 Å². The van der Waals surface area contributed by atoms with E-state index in [0.29, 0.717) is 11.0 Å². The molecule has 202 valence electrons. The lowest BCUT2D eigenvalue weighted by atomic mass is 9.78. The highest BCUT2D eigenvalue weighted by Crippen LogP contribution is 2.37. The van der Waals surface area contributed by atoms with Gasteiger partial charge in [0.25, 0.3) is 0 Å². The molecule has 7 nitrogen and oxygen atoms in total. The van der Waals surface area contributed by atoms with Gasteiger partial charge in [0, 0.05) is 20.9 Å². The van der Waals surface area contributed by atoms with Crippen LogP contribution in [0.4, 0.5) is 13.2 Å². The molecule has 1 amide bonds. The minimum atomic E-state index is -4.28. The Morgan fingerprint density at radius 2 is 1.65 bits per heavy atom. The summed E-state index contributed by atoms with van der Waals surface area (Å²) in [6.07, 6.45) is -0.360. The van der Waals surface area contributed by atoms with Crippen molar-refractivity contribution >= 4 is 28.5 Å². The van der Waals surface area contributed by atoms with E-state index in [1.54, 1.807) is 6.07 Å². The lowest BCUT2D eigenvalue weighted by Gasteiger charge is -2.32. The molecule has 0 aliphatic carbocycles. The standard InChI is InChI=1S/C25H30BF3N2O5S.H2/c1-23(2)24(3,4)36-26(35-23)17-10-16(11-19(28)12-17)14-30-22(32)21-13-25(5,29)15-31(21)37(33,34)20-8-6-18(27)7-9-20;/h6-12,21H,13-15H2,1-5H3,(H,30,32);1H/t21-,25+;/m0./s1. The van der Waals surface area contributed by atoms with Gasteiger partial charge in [-0.25, -0.2) is 21.6 Å². The molecular formula is C25H32BF3N2O5S. The number of nitrogens with one attached hydrogen (secondary N) is 1. The predicted octanol–water partition coefficient (Wildman–Crippen LogP) is 3.32. The quantitative estimate of drug-likeness (QED) is 0.569. The van der Waals surface area contributed by atoms with Gasteiger partial charge in [-0.1, -0.05) is 6.07 Å².